The molecular formula is C13H15N3O2S. The Labute approximate surface area is 114 Å². The lowest BCUT2D eigenvalue weighted by Crippen LogP contribution is -2.44. The average Bonchev–Trinajstić information content (AvgIpc) is 2.80. The molecule has 1 N–H and O–H groups in total. The van der Waals surface area contributed by atoms with Crippen LogP contribution in [0.4, 0.5) is 11.4 Å². The van der Waals surface area contributed by atoms with E-state index >= 15 is 0 Å². The first-order valence-corrected chi connectivity index (χ1v) is 7.32. The second kappa shape index (κ2) is 4.45. The first-order valence-electron chi connectivity index (χ1n) is 6.44. The van der Waals surface area contributed by atoms with Crippen molar-refractivity contribution in [1.29, 1.82) is 0 Å². The number of rotatable bonds is 4. The summed E-state index contributed by atoms with van der Waals surface area (Å²) in [4.78, 5) is 15.2. The van der Waals surface area contributed by atoms with E-state index in [-0.39, 0.29) is 16.1 Å². The van der Waals surface area contributed by atoms with Gasteiger partial charge in [0.1, 0.15) is 5.69 Å². The summed E-state index contributed by atoms with van der Waals surface area (Å²) < 4.78 is 0.858. The van der Waals surface area contributed by atoms with Crippen molar-refractivity contribution in [1.82, 2.24) is 4.98 Å². The van der Waals surface area contributed by atoms with Crippen molar-refractivity contribution in [2.24, 2.45) is 0 Å². The zero-order valence-corrected chi connectivity index (χ0v) is 11.5. The maximum atomic E-state index is 11.3. The summed E-state index contributed by atoms with van der Waals surface area (Å²) >= 11 is 1.43. The molecule has 1 heterocycles. The maximum absolute atomic E-state index is 11.3. The van der Waals surface area contributed by atoms with Gasteiger partial charge in [0.2, 0.25) is 0 Å². The first kappa shape index (κ1) is 12.3. The molecule has 5 nitrogen and oxygen atoms in total. The molecule has 2 aromatic rings. The molecule has 1 saturated carbocycles. The molecule has 3 rings (SSSR count). The van der Waals surface area contributed by atoms with Crippen LogP contribution in [0.2, 0.25) is 0 Å². The molecule has 0 bridgehead atoms. The van der Waals surface area contributed by atoms with Crippen molar-refractivity contribution >= 4 is 32.9 Å². The van der Waals surface area contributed by atoms with Crippen LogP contribution in [0.25, 0.3) is 10.2 Å². The number of nitrogens with zero attached hydrogens (tertiary/aromatic N) is 2. The van der Waals surface area contributed by atoms with E-state index in [0.717, 1.165) is 24.0 Å². The maximum Gasteiger partial charge on any atom is 0.319 e. The number of nitro groups is 1. The van der Waals surface area contributed by atoms with Crippen LogP contribution in [0.15, 0.2) is 17.6 Å². The molecule has 1 aromatic carbocycles. The Morgan fingerprint density at radius 1 is 1.53 bits per heavy atom. The van der Waals surface area contributed by atoms with Gasteiger partial charge in [0.15, 0.2) is 5.52 Å². The molecule has 6 heteroatoms. The van der Waals surface area contributed by atoms with Gasteiger partial charge in [-0.2, -0.15) is 0 Å². The Kier molecular flexibility index (Phi) is 2.89. The van der Waals surface area contributed by atoms with E-state index in [1.54, 1.807) is 5.51 Å². The summed E-state index contributed by atoms with van der Waals surface area (Å²) in [7, 11) is 0. The van der Waals surface area contributed by atoms with Crippen LogP contribution in [-0.4, -0.2) is 15.4 Å². The molecule has 1 aliphatic rings. The molecule has 0 atom stereocenters. The molecule has 1 aliphatic carbocycles. The number of nitro benzene ring substituents is 1. The predicted octanol–water partition coefficient (Wildman–Crippen LogP) is 3.95. The minimum absolute atomic E-state index is 0.0362. The Morgan fingerprint density at radius 3 is 2.89 bits per heavy atom. The van der Waals surface area contributed by atoms with Gasteiger partial charge in [0, 0.05) is 5.54 Å². The highest BCUT2D eigenvalue weighted by Crippen LogP contribution is 2.42. The fraction of sp³-hybridized carbons (Fsp3) is 0.462. The zero-order chi connectivity index (χ0) is 13.5. The SMILES string of the molecule is CCC1(Nc2ccc3scnc3c2[N+](=O)[O-])CCC1. The van der Waals surface area contributed by atoms with Gasteiger partial charge < -0.3 is 5.32 Å². The first-order chi connectivity index (χ1) is 9.15. The highest BCUT2D eigenvalue weighted by atomic mass is 32.1. The number of fused-ring (bicyclic) bond motifs is 1. The normalized spacial score (nSPS) is 17.1. The van der Waals surface area contributed by atoms with Gasteiger partial charge in [-0.05, 0) is 37.8 Å². The number of anilines is 1. The lowest BCUT2D eigenvalue weighted by molar-refractivity contribution is -0.382. The number of benzene rings is 1. The fourth-order valence-corrected chi connectivity index (χ4v) is 3.34. The molecule has 0 aliphatic heterocycles. The summed E-state index contributed by atoms with van der Waals surface area (Å²) in [6, 6.07) is 3.72. The number of hydrogen-bond acceptors (Lipinski definition) is 5. The lowest BCUT2D eigenvalue weighted by Gasteiger charge is -2.42. The van der Waals surface area contributed by atoms with E-state index in [0.29, 0.717) is 11.2 Å². The Bertz CT molecular complexity index is 628. The molecule has 1 fully saturated rings. The number of nitrogens with one attached hydrogen (secondary N) is 1. The molecule has 0 radical (unpaired) electrons. The van der Waals surface area contributed by atoms with E-state index < -0.39 is 0 Å². The third-order valence-corrected chi connectivity index (χ3v) is 4.84. The van der Waals surface area contributed by atoms with Crippen molar-refractivity contribution < 1.29 is 4.92 Å². The van der Waals surface area contributed by atoms with Crippen molar-refractivity contribution in [3.05, 3.63) is 27.8 Å². The summed E-state index contributed by atoms with van der Waals surface area (Å²) in [5, 5.41) is 14.7. The van der Waals surface area contributed by atoms with Gasteiger partial charge in [-0.25, -0.2) is 4.98 Å². The van der Waals surface area contributed by atoms with Crippen LogP contribution in [0.1, 0.15) is 32.6 Å². The minimum atomic E-state index is -0.327. The van der Waals surface area contributed by atoms with Crippen LogP contribution < -0.4 is 5.32 Å². The topological polar surface area (TPSA) is 68.1 Å². The smallest absolute Gasteiger partial charge is 0.319 e. The molecule has 1 aromatic heterocycles. The Morgan fingerprint density at radius 2 is 2.32 bits per heavy atom. The van der Waals surface area contributed by atoms with Gasteiger partial charge in [-0.3, -0.25) is 10.1 Å². The molecule has 100 valence electrons. The number of hydrogen-bond donors (Lipinski definition) is 1. The van der Waals surface area contributed by atoms with Gasteiger partial charge in [-0.1, -0.05) is 6.92 Å². The van der Waals surface area contributed by atoms with Crippen molar-refractivity contribution in [2.45, 2.75) is 38.1 Å². The largest absolute Gasteiger partial charge is 0.374 e. The Balaban J connectivity index is 2.07. The molecule has 19 heavy (non-hydrogen) atoms. The standard InChI is InChI=1S/C13H15N3O2S/c1-2-13(6-3-7-13)15-9-4-5-10-11(14-8-19-10)12(9)16(17)18/h4-5,8,15H,2-3,6-7H2,1H3. The van der Waals surface area contributed by atoms with Crippen LogP contribution in [0, 0.1) is 10.1 Å². The van der Waals surface area contributed by atoms with E-state index in [2.05, 4.69) is 17.2 Å². The zero-order valence-electron chi connectivity index (χ0n) is 10.7. The van der Waals surface area contributed by atoms with Gasteiger partial charge in [0.05, 0.1) is 15.1 Å². The van der Waals surface area contributed by atoms with Crippen molar-refractivity contribution in [3.63, 3.8) is 0 Å². The molecule has 0 spiro atoms. The highest BCUT2D eigenvalue weighted by Gasteiger charge is 2.37. The van der Waals surface area contributed by atoms with Crippen molar-refractivity contribution in [3.8, 4) is 0 Å². The summed E-state index contributed by atoms with van der Waals surface area (Å²) in [5.74, 6) is 0. The summed E-state index contributed by atoms with van der Waals surface area (Å²) in [5.41, 5.74) is 2.89. The van der Waals surface area contributed by atoms with Crippen LogP contribution >= 0.6 is 11.3 Å². The lowest BCUT2D eigenvalue weighted by atomic mass is 9.74. The van der Waals surface area contributed by atoms with Gasteiger partial charge >= 0.3 is 5.69 Å². The van der Waals surface area contributed by atoms with Crippen LogP contribution in [-0.2, 0) is 0 Å². The monoisotopic (exact) mass is 277 g/mol. The number of thiazole rings is 1. The predicted molar refractivity (Wildman–Crippen MR) is 76.8 cm³/mol. The summed E-state index contributed by atoms with van der Waals surface area (Å²) in [6.45, 7) is 2.12. The molecule has 0 saturated heterocycles. The minimum Gasteiger partial charge on any atom is -0.374 e. The average molecular weight is 277 g/mol. The molecule has 0 amide bonds. The second-order valence-electron chi connectivity index (χ2n) is 5.03. The van der Waals surface area contributed by atoms with Gasteiger partial charge in [-0.15, -0.1) is 11.3 Å². The molecular weight excluding hydrogens is 262 g/mol. The van der Waals surface area contributed by atoms with E-state index in [4.69, 9.17) is 0 Å². The second-order valence-corrected chi connectivity index (χ2v) is 5.92. The van der Waals surface area contributed by atoms with Crippen molar-refractivity contribution in [2.75, 3.05) is 5.32 Å². The van der Waals surface area contributed by atoms with E-state index in [1.807, 2.05) is 12.1 Å². The molecule has 0 unspecified atom stereocenters. The van der Waals surface area contributed by atoms with E-state index in [1.165, 1.54) is 17.8 Å². The van der Waals surface area contributed by atoms with E-state index in [9.17, 15) is 10.1 Å². The highest BCUT2D eigenvalue weighted by molar-refractivity contribution is 7.16. The van der Waals surface area contributed by atoms with Gasteiger partial charge in [0.25, 0.3) is 0 Å². The fourth-order valence-electron chi connectivity index (χ4n) is 2.66. The number of aromatic nitrogens is 1. The Hall–Kier alpha value is -1.69. The summed E-state index contributed by atoms with van der Waals surface area (Å²) in [6.07, 6.45) is 4.33. The third kappa shape index (κ3) is 1.96. The van der Waals surface area contributed by atoms with Crippen LogP contribution in [0.5, 0.6) is 0 Å². The van der Waals surface area contributed by atoms with Crippen LogP contribution in [0.3, 0.4) is 0 Å². The quantitative estimate of drug-likeness (QED) is 0.678. The third-order valence-electron chi connectivity index (χ3n) is 4.05.